The molecule has 0 amide bonds. The van der Waals surface area contributed by atoms with Gasteiger partial charge in [0.15, 0.2) is 11.4 Å². The molecule has 0 aliphatic rings. The van der Waals surface area contributed by atoms with Crippen LogP contribution in [0.5, 0.6) is 0 Å². The Morgan fingerprint density at radius 3 is 2.83 bits per heavy atom. The maximum absolute atomic E-state index is 12.5. The summed E-state index contributed by atoms with van der Waals surface area (Å²) in [5, 5.41) is 0.841. The summed E-state index contributed by atoms with van der Waals surface area (Å²) in [6.07, 6.45) is 3.20. The second-order valence-electron chi connectivity index (χ2n) is 5.24. The van der Waals surface area contributed by atoms with E-state index < -0.39 is 0 Å². The van der Waals surface area contributed by atoms with Gasteiger partial charge in [-0.1, -0.05) is 18.2 Å². The number of ketones is 1. The van der Waals surface area contributed by atoms with Gasteiger partial charge in [-0.25, -0.2) is 9.97 Å². The van der Waals surface area contributed by atoms with Crippen LogP contribution in [0.4, 0.5) is 0 Å². The predicted molar refractivity (Wildman–Crippen MR) is 86.5 cm³/mol. The monoisotopic (exact) mass is 304 g/mol. The third-order valence-electron chi connectivity index (χ3n) is 3.76. The molecule has 3 heterocycles. The number of hydrogen-bond donors (Lipinski definition) is 2. The standard InChI is InChI=1S/C17H12N4O2/c22-15(11-9-19-12-5-2-1-4-10(11)12)8-14-17(23)21-13-6-3-7-18-16(13)20-14/h1-7,9,19H,8H2,(H,21,23). The van der Waals surface area contributed by atoms with Crippen LogP contribution in [-0.4, -0.2) is 25.7 Å². The number of aromatic amines is 2. The van der Waals surface area contributed by atoms with Crippen molar-refractivity contribution in [1.29, 1.82) is 0 Å². The van der Waals surface area contributed by atoms with E-state index in [1.165, 1.54) is 0 Å². The molecule has 23 heavy (non-hydrogen) atoms. The van der Waals surface area contributed by atoms with Crippen LogP contribution in [0.3, 0.4) is 0 Å². The highest BCUT2D eigenvalue weighted by Crippen LogP contribution is 2.19. The minimum atomic E-state index is -0.362. The van der Waals surface area contributed by atoms with Crippen molar-refractivity contribution in [2.75, 3.05) is 0 Å². The summed E-state index contributed by atoms with van der Waals surface area (Å²) in [5.41, 5.74) is 2.24. The van der Waals surface area contributed by atoms with Gasteiger partial charge in [0, 0.05) is 28.9 Å². The Morgan fingerprint density at radius 2 is 1.91 bits per heavy atom. The minimum absolute atomic E-state index is 0.0658. The van der Waals surface area contributed by atoms with Gasteiger partial charge in [-0.2, -0.15) is 0 Å². The van der Waals surface area contributed by atoms with Gasteiger partial charge in [0.25, 0.3) is 5.56 Å². The van der Waals surface area contributed by atoms with E-state index >= 15 is 0 Å². The Kier molecular flexibility index (Phi) is 3.01. The van der Waals surface area contributed by atoms with Crippen LogP contribution in [0.1, 0.15) is 16.1 Å². The Labute approximate surface area is 130 Å². The van der Waals surface area contributed by atoms with Crippen molar-refractivity contribution in [2.45, 2.75) is 6.42 Å². The van der Waals surface area contributed by atoms with E-state index in [0.717, 1.165) is 10.9 Å². The number of benzene rings is 1. The molecular weight excluding hydrogens is 292 g/mol. The zero-order valence-corrected chi connectivity index (χ0v) is 12.0. The third kappa shape index (κ3) is 2.30. The van der Waals surface area contributed by atoms with Crippen LogP contribution < -0.4 is 5.56 Å². The molecule has 6 heteroatoms. The Morgan fingerprint density at radius 1 is 1.09 bits per heavy atom. The van der Waals surface area contributed by atoms with Crippen molar-refractivity contribution in [3.63, 3.8) is 0 Å². The summed E-state index contributed by atoms with van der Waals surface area (Å²) in [5.74, 6) is -0.157. The van der Waals surface area contributed by atoms with Crippen LogP contribution in [0, 0.1) is 0 Å². The van der Waals surface area contributed by atoms with Crippen molar-refractivity contribution in [1.82, 2.24) is 19.9 Å². The molecule has 0 bridgehead atoms. The molecule has 112 valence electrons. The van der Waals surface area contributed by atoms with Crippen LogP contribution in [-0.2, 0) is 6.42 Å². The Balaban J connectivity index is 1.74. The van der Waals surface area contributed by atoms with Gasteiger partial charge in [-0.15, -0.1) is 0 Å². The van der Waals surface area contributed by atoms with Crippen molar-refractivity contribution in [3.8, 4) is 0 Å². The number of nitrogens with zero attached hydrogens (tertiary/aromatic N) is 2. The lowest BCUT2D eigenvalue weighted by atomic mass is 10.1. The van der Waals surface area contributed by atoms with Gasteiger partial charge in [-0.05, 0) is 18.2 Å². The van der Waals surface area contributed by atoms with Gasteiger partial charge in [0.05, 0.1) is 11.9 Å². The van der Waals surface area contributed by atoms with Gasteiger partial charge >= 0.3 is 0 Å². The minimum Gasteiger partial charge on any atom is -0.360 e. The number of carbonyl (C=O) groups excluding carboxylic acids is 1. The first kappa shape index (κ1) is 13.4. The quantitative estimate of drug-likeness (QED) is 0.568. The topological polar surface area (TPSA) is 91.5 Å². The van der Waals surface area contributed by atoms with Gasteiger partial charge in [0.2, 0.25) is 0 Å². The average Bonchev–Trinajstić information content (AvgIpc) is 2.99. The van der Waals surface area contributed by atoms with Crippen LogP contribution in [0.2, 0.25) is 0 Å². The second kappa shape index (κ2) is 5.17. The molecule has 2 N–H and O–H groups in total. The summed E-state index contributed by atoms with van der Waals surface area (Å²) in [6.45, 7) is 0. The molecule has 3 aromatic heterocycles. The van der Waals surface area contributed by atoms with Gasteiger partial charge in [0.1, 0.15) is 5.69 Å². The van der Waals surface area contributed by atoms with Crippen molar-refractivity contribution >= 4 is 27.9 Å². The number of hydrogen-bond acceptors (Lipinski definition) is 4. The number of nitrogens with one attached hydrogen (secondary N) is 2. The maximum atomic E-state index is 12.5. The molecule has 0 saturated carbocycles. The van der Waals surface area contributed by atoms with E-state index in [9.17, 15) is 9.59 Å². The predicted octanol–water partition coefficient (Wildman–Crippen LogP) is 2.22. The molecule has 6 nitrogen and oxygen atoms in total. The van der Waals surface area contributed by atoms with Crippen LogP contribution >= 0.6 is 0 Å². The van der Waals surface area contributed by atoms with Gasteiger partial charge in [-0.3, -0.25) is 9.59 Å². The normalized spacial score (nSPS) is 11.1. The highest BCUT2D eigenvalue weighted by molar-refractivity contribution is 6.08. The highest BCUT2D eigenvalue weighted by Gasteiger charge is 2.15. The lowest BCUT2D eigenvalue weighted by Crippen LogP contribution is -2.19. The number of carbonyl (C=O) groups is 1. The number of rotatable bonds is 3. The second-order valence-corrected chi connectivity index (χ2v) is 5.24. The molecule has 0 atom stereocenters. The fourth-order valence-electron chi connectivity index (χ4n) is 2.63. The molecule has 0 radical (unpaired) electrons. The number of H-pyrrole nitrogens is 2. The largest absolute Gasteiger partial charge is 0.360 e. The number of fused-ring (bicyclic) bond motifs is 2. The fraction of sp³-hybridized carbons (Fsp3) is 0.0588. The molecular formula is C17H12N4O2. The van der Waals surface area contributed by atoms with Crippen molar-refractivity contribution in [2.24, 2.45) is 0 Å². The lowest BCUT2D eigenvalue weighted by Gasteiger charge is -2.01. The number of pyridine rings is 1. The molecule has 0 spiro atoms. The number of aromatic nitrogens is 4. The van der Waals surface area contributed by atoms with E-state index in [4.69, 9.17) is 0 Å². The summed E-state index contributed by atoms with van der Waals surface area (Å²) in [6, 6.07) is 11.0. The zero-order valence-electron chi connectivity index (χ0n) is 12.0. The van der Waals surface area contributed by atoms with Crippen LogP contribution in [0.25, 0.3) is 22.1 Å². The molecule has 0 aliphatic carbocycles. The Bertz CT molecular complexity index is 1090. The van der Waals surface area contributed by atoms with E-state index in [1.807, 2.05) is 24.3 Å². The fourth-order valence-corrected chi connectivity index (χ4v) is 2.63. The average molecular weight is 304 g/mol. The molecule has 0 fully saturated rings. The van der Waals surface area contributed by atoms with E-state index in [0.29, 0.717) is 16.7 Å². The molecule has 4 aromatic rings. The first-order valence-corrected chi connectivity index (χ1v) is 7.15. The van der Waals surface area contributed by atoms with E-state index in [2.05, 4.69) is 19.9 Å². The summed E-state index contributed by atoms with van der Waals surface area (Å²) >= 11 is 0. The van der Waals surface area contributed by atoms with Crippen LogP contribution in [0.15, 0.2) is 53.6 Å². The lowest BCUT2D eigenvalue weighted by molar-refractivity contribution is 0.0993. The van der Waals surface area contributed by atoms with E-state index in [-0.39, 0.29) is 23.5 Å². The maximum Gasteiger partial charge on any atom is 0.270 e. The Hall–Kier alpha value is -3.28. The molecule has 0 saturated heterocycles. The third-order valence-corrected chi connectivity index (χ3v) is 3.76. The van der Waals surface area contributed by atoms with Gasteiger partial charge < -0.3 is 9.97 Å². The number of Topliss-reactive ketones (excluding diaryl/α,β-unsaturated/α-hetero) is 1. The number of para-hydroxylation sites is 1. The summed E-state index contributed by atoms with van der Waals surface area (Å²) in [4.78, 5) is 38.7. The highest BCUT2D eigenvalue weighted by atomic mass is 16.1. The first-order chi connectivity index (χ1) is 11.2. The molecule has 0 unspecified atom stereocenters. The molecule has 0 aliphatic heterocycles. The van der Waals surface area contributed by atoms with Crippen molar-refractivity contribution < 1.29 is 4.79 Å². The summed E-state index contributed by atoms with van der Waals surface area (Å²) < 4.78 is 0. The molecule has 4 rings (SSSR count). The smallest absolute Gasteiger partial charge is 0.270 e. The SMILES string of the molecule is O=C(Cc1nc2ncccc2[nH]c1=O)c1c[nH]c2ccccc12. The first-order valence-electron chi connectivity index (χ1n) is 7.15. The zero-order chi connectivity index (χ0) is 15.8. The summed E-state index contributed by atoms with van der Waals surface area (Å²) in [7, 11) is 0. The molecule has 1 aromatic carbocycles. The van der Waals surface area contributed by atoms with Crippen molar-refractivity contribution in [3.05, 3.63) is 70.4 Å². The van der Waals surface area contributed by atoms with E-state index in [1.54, 1.807) is 24.5 Å².